The first-order valence-electron chi connectivity index (χ1n) is 12.7. The van der Waals surface area contributed by atoms with Gasteiger partial charge in [-0.05, 0) is 56.7 Å². The number of para-hydroxylation sites is 2. The molecule has 1 aliphatic rings. The van der Waals surface area contributed by atoms with Crippen LogP contribution in [-0.2, 0) is 20.1 Å². The Morgan fingerprint density at radius 1 is 0.886 bits per heavy atom. The van der Waals surface area contributed by atoms with Crippen molar-refractivity contribution in [3.63, 3.8) is 0 Å². The molecule has 1 fully saturated rings. The van der Waals surface area contributed by atoms with Crippen LogP contribution >= 0.6 is 0 Å². The van der Waals surface area contributed by atoms with Crippen LogP contribution in [0, 0.1) is 0 Å². The molecular formula is C28H37N7. The summed E-state index contributed by atoms with van der Waals surface area (Å²) in [5.74, 6) is 1.86. The van der Waals surface area contributed by atoms with E-state index in [1.54, 1.807) is 0 Å². The van der Waals surface area contributed by atoms with E-state index in [9.17, 15) is 0 Å². The molecule has 0 radical (unpaired) electrons. The molecule has 2 aromatic carbocycles. The van der Waals surface area contributed by atoms with Crippen LogP contribution in [-0.4, -0.2) is 82.6 Å². The minimum Gasteiger partial charge on any atom is -0.369 e. The molecule has 0 atom stereocenters. The Morgan fingerprint density at radius 3 is 2.37 bits per heavy atom. The van der Waals surface area contributed by atoms with Crippen molar-refractivity contribution < 1.29 is 0 Å². The summed E-state index contributed by atoms with van der Waals surface area (Å²) in [4.78, 5) is 17.1. The molecule has 7 nitrogen and oxygen atoms in total. The van der Waals surface area contributed by atoms with Crippen molar-refractivity contribution in [3.8, 4) is 0 Å². The predicted octanol–water partition coefficient (Wildman–Crippen LogP) is 3.80. The van der Waals surface area contributed by atoms with E-state index in [1.165, 1.54) is 16.6 Å². The summed E-state index contributed by atoms with van der Waals surface area (Å²) in [6, 6.07) is 19.3. The van der Waals surface area contributed by atoms with E-state index in [2.05, 4.69) is 100 Å². The van der Waals surface area contributed by atoms with Gasteiger partial charge in [0.05, 0.1) is 12.1 Å². The third kappa shape index (κ3) is 5.64. The van der Waals surface area contributed by atoms with Gasteiger partial charge >= 0.3 is 0 Å². The molecule has 4 aromatic rings. The minimum absolute atomic E-state index is 0.791. The first-order chi connectivity index (χ1) is 17.1. The monoisotopic (exact) mass is 471 g/mol. The Hall–Kier alpha value is -3.00. The van der Waals surface area contributed by atoms with E-state index in [4.69, 9.17) is 9.97 Å². The number of aryl methyl sites for hydroxylation is 1. The second-order valence-corrected chi connectivity index (χ2v) is 9.89. The molecule has 0 aliphatic carbocycles. The molecule has 0 unspecified atom stereocenters. The average Bonchev–Trinajstić information content (AvgIpc) is 3.18. The van der Waals surface area contributed by atoms with Crippen LogP contribution in [0.5, 0.6) is 0 Å². The maximum Gasteiger partial charge on any atom is 0.145 e. The smallest absolute Gasteiger partial charge is 0.145 e. The fraction of sp³-hybridized carbons (Fsp3) is 0.429. The summed E-state index contributed by atoms with van der Waals surface area (Å²) in [6.07, 6.45) is 1.08. The fourth-order valence-electron chi connectivity index (χ4n) is 4.96. The predicted molar refractivity (Wildman–Crippen MR) is 145 cm³/mol. The maximum atomic E-state index is 4.94. The second kappa shape index (κ2) is 10.7. The lowest BCUT2D eigenvalue weighted by atomic mass is 10.2. The van der Waals surface area contributed by atoms with Crippen LogP contribution in [0.4, 0.5) is 5.82 Å². The van der Waals surface area contributed by atoms with Crippen LogP contribution in [0.3, 0.4) is 0 Å². The lowest BCUT2D eigenvalue weighted by molar-refractivity contribution is 0.118. The molecule has 2 aromatic heterocycles. The van der Waals surface area contributed by atoms with Crippen molar-refractivity contribution in [1.82, 2.24) is 29.2 Å². The Morgan fingerprint density at radius 2 is 1.60 bits per heavy atom. The van der Waals surface area contributed by atoms with Crippen LogP contribution in [0.15, 0.2) is 54.6 Å². The van der Waals surface area contributed by atoms with E-state index < -0.39 is 0 Å². The van der Waals surface area contributed by atoms with Crippen molar-refractivity contribution in [2.24, 2.45) is 7.05 Å². The number of piperazine rings is 1. The highest BCUT2D eigenvalue weighted by atomic mass is 15.3. The molecule has 35 heavy (non-hydrogen) atoms. The Labute approximate surface area is 208 Å². The molecule has 0 amide bonds. The van der Waals surface area contributed by atoms with Gasteiger partial charge in [-0.25, -0.2) is 9.97 Å². The number of hydrogen-bond acceptors (Lipinski definition) is 6. The average molecular weight is 472 g/mol. The van der Waals surface area contributed by atoms with Crippen molar-refractivity contribution in [2.75, 3.05) is 58.7 Å². The molecule has 7 heteroatoms. The van der Waals surface area contributed by atoms with Gasteiger partial charge in [-0.1, -0.05) is 30.3 Å². The number of nitrogens with one attached hydrogen (secondary N) is 1. The highest BCUT2D eigenvalue weighted by molar-refractivity contribution is 5.89. The number of anilines is 1. The largest absolute Gasteiger partial charge is 0.369 e. The number of aromatic nitrogens is 3. The van der Waals surface area contributed by atoms with Crippen LogP contribution in [0.25, 0.3) is 21.8 Å². The zero-order chi connectivity index (χ0) is 24.2. The number of benzene rings is 2. The summed E-state index contributed by atoms with van der Waals surface area (Å²) in [7, 11) is 6.40. The molecule has 3 heterocycles. The normalized spacial score (nSPS) is 15.4. The number of fused-ring (bicyclic) bond motifs is 2. The standard InChI is InChI=1S/C28H37N7/c1-32(2)14-8-13-29-28-24-10-5-6-11-25(24)30-27(31-28)21-35-17-15-34(16-18-35)20-23-19-22-9-4-7-12-26(22)33(23)3/h4-7,9-12,19H,8,13-18,20-21H2,1-3H3,(H,29,30,31). The molecule has 1 aliphatic heterocycles. The van der Waals surface area contributed by atoms with E-state index in [0.717, 1.165) is 81.3 Å². The van der Waals surface area contributed by atoms with Gasteiger partial charge in [0, 0.05) is 62.9 Å². The third-order valence-corrected chi connectivity index (χ3v) is 6.99. The van der Waals surface area contributed by atoms with Crippen molar-refractivity contribution in [1.29, 1.82) is 0 Å². The summed E-state index contributed by atoms with van der Waals surface area (Å²) >= 11 is 0. The van der Waals surface area contributed by atoms with Gasteiger partial charge in [-0.2, -0.15) is 0 Å². The summed E-state index contributed by atoms with van der Waals surface area (Å²) in [5, 5.41) is 5.98. The maximum absolute atomic E-state index is 4.94. The van der Waals surface area contributed by atoms with E-state index >= 15 is 0 Å². The van der Waals surface area contributed by atoms with Crippen molar-refractivity contribution in [2.45, 2.75) is 19.5 Å². The zero-order valence-electron chi connectivity index (χ0n) is 21.2. The van der Waals surface area contributed by atoms with Gasteiger partial charge < -0.3 is 14.8 Å². The van der Waals surface area contributed by atoms with Gasteiger partial charge in [0.2, 0.25) is 0 Å². The van der Waals surface area contributed by atoms with Crippen LogP contribution in [0.1, 0.15) is 17.9 Å². The lowest BCUT2D eigenvalue weighted by Crippen LogP contribution is -2.45. The molecule has 1 saturated heterocycles. The molecule has 0 bridgehead atoms. The lowest BCUT2D eigenvalue weighted by Gasteiger charge is -2.34. The van der Waals surface area contributed by atoms with Gasteiger partial charge in [-0.15, -0.1) is 0 Å². The highest BCUT2D eigenvalue weighted by Crippen LogP contribution is 2.22. The Kier molecular flexibility index (Phi) is 7.27. The molecule has 0 saturated carbocycles. The number of hydrogen-bond donors (Lipinski definition) is 1. The van der Waals surface area contributed by atoms with E-state index in [-0.39, 0.29) is 0 Å². The molecule has 184 valence electrons. The summed E-state index contributed by atoms with van der Waals surface area (Å²) < 4.78 is 2.33. The topological polar surface area (TPSA) is 52.5 Å². The SMILES string of the molecule is CN(C)CCCNc1nc(CN2CCN(Cc3cc4ccccc4n3C)CC2)nc2ccccc12. The Bertz CT molecular complexity index is 1270. The van der Waals surface area contributed by atoms with Gasteiger partial charge in [0.1, 0.15) is 11.6 Å². The van der Waals surface area contributed by atoms with Crippen molar-refractivity contribution >= 4 is 27.6 Å². The molecular weight excluding hydrogens is 434 g/mol. The van der Waals surface area contributed by atoms with E-state index in [1.807, 2.05) is 0 Å². The number of rotatable bonds is 9. The highest BCUT2D eigenvalue weighted by Gasteiger charge is 2.20. The van der Waals surface area contributed by atoms with Gasteiger partial charge in [0.15, 0.2) is 0 Å². The van der Waals surface area contributed by atoms with Gasteiger partial charge in [0.25, 0.3) is 0 Å². The van der Waals surface area contributed by atoms with E-state index in [0.29, 0.717) is 0 Å². The summed E-state index contributed by atoms with van der Waals surface area (Å²) in [5.41, 5.74) is 3.70. The van der Waals surface area contributed by atoms with Crippen LogP contribution < -0.4 is 5.32 Å². The van der Waals surface area contributed by atoms with Crippen molar-refractivity contribution in [3.05, 3.63) is 66.1 Å². The Balaban J connectivity index is 1.21. The molecule has 5 rings (SSSR count). The quantitative estimate of drug-likeness (QED) is 0.375. The summed E-state index contributed by atoms with van der Waals surface area (Å²) in [6.45, 7) is 7.94. The molecule has 1 N–H and O–H groups in total. The minimum atomic E-state index is 0.791. The van der Waals surface area contributed by atoms with Crippen LogP contribution in [0.2, 0.25) is 0 Å². The third-order valence-electron chi connectivity index (χ3n) is 6.99. The second-order valence-electron chi connectivity index (χ2n) is 9.89. The first-order valence-corrected chi connectivity index (χ1v) is 12.7. The number of nitrogens with zero attached hydrogens (tertiary/aromatic N) is 6. The zero-order valence-corrected chi connectivity index (χ0v) is 21.2. The first kappa shape index (κ1) is 23.7. The molecule has 0 spiro atoms. The van der Waals surface area contributed by atoms with Gasteiger partial charge in [-0.3, -0.25) is 9.80 Å². The fourth-order valence-corrected chi connectivity index (χ4v) is 4.96.